The monoisotopic (exact) mass is 464 g/mol. The van der Waals surface area contributed by atoms with Crippen molar-refractivity contribution in [3.8, 4) is 5.75 Å². The van der Waals surface area contributed by atoms with Crippen molar-refractivity contribution in [1.29, 1.82) is 5.41 Å². The Morgan fingerprint density at radius 3 is 2.39 bits per heavy atom. The van der Waals surface area contributed by atoms with Crippen LogP contribution in [0.3, 0.4) is 0 Å². The summed E-state index contributed by atoms with van der Waals surface area (Å²) in [6.07, 6.45) is 1.57. The van der Waals surface area contributed by atoms with Crippen LogP contribution in [0.25, 0.3) is 0 Å². The Kier molecular flexibility index (Phi) is 8.72. The molecule has 7 heteroatoms. The highest BCUT2D eigenvalue weighted by atomic mass is 35.5. The molecule has 0 aliphatic carbocycles. The number of amidine groups is 1. The van der Waals surface area contributed by atoms with Gasteiger partial charge in [0.25, 0.3) is 0 Å². The summed E-state index contributed by atoms with van der Waals surface area (Å²) in [5.41, 5.74) is 9.64. The van der Waals surface area contributed by atoms with E-state index in [-0.39, 0.29) is 25.6 Å². The van der Waals surface area contributed by atoms with Crippen LogP contribution in [0.15, 0.2) is 66.7 Å². The van der Waals surface area contributed by atoms with Crippen LogP contribution >= 0.6 is 11.6 Å². The maximum atomic E-state index is 12.5. The average Bonchev–Trinajstić information content (AvgIpc) is 2.80. The number of anilines is 1. The third-order valence-corrected chi connectivity index (χ3v) is 5.24. The predicted molar refractivity (Wildman–Crippen MR) is 132 cm³/mol. The molecular weight excluding hydrogens is 438 g/mol. The number of nitrogens with two attached hydrogens (primary N) is 1. The van der Waals surface area contributed by atoms with Crippen molar-refractivity contribution in [2.24, 2.45) is 5.73 Å². The Bertz CT molecular complexity index is 1090. The third kappa shape index (κ3) is 7.26. The van der Waals surface area contributed by atoms with Gasteiger partial charge in [0.05, 0.1) is 13.0 Å². The van der Waals surface area contributed by atoms with Gasteiger partial charge in [-0.2, -0.15) is 0 Å². The molecule has 0 saturated heterocycles. The minimum Gasteiger partial charge on any atom is -0.493 e. The smallest absolute Gasteiger partial charge is 0.312 e. The van der Waals surface area contributed by atoms with Crippen LogP contribution in [-0.4, -0.2) is 25.1 Å². The molecule has 4 N–H and O–H groups in total. The summed E-state index contributed by atoms with van der Waals surface area (Å²) in [5.74, 6) is 0.223. The Morgan fingerprint density at radius 1 is 1.03 bits per heavy atom. The average molecular weight is 465 g/mol. The zero-order chi connectivity index (χ0) is 23.6. The zero-order valence-electron chi connectivity index (χ0n) is 18.3. The van der Waals surface area contributed by atoms with Crippen molar-refractivity contribution >= 4 is 29.1 Å². The zero-order valence-corrected chi connectivity index (χ0v) is 19.0. The lowest BCUT2D eigenvalue weighted by Gasteiger charge is -2.16. The molecule has 0 saturated carbocycles. The van der Waals surface area contributed by atoms with Gasteiger partial charge in [0.1, 0.15) is 11.6 Å². The molecule has 0 aromatic heterocycles. The molecule has 3 aromatic rings. The molecule has 6 nitrogen and oxygen atoms in total. The van der Waals surface area contributed by atoms with Crippen molar-refractivity contribution in [2.45, 2.75) is 19.3 Å². The van der Waals surface area contributed by atoms with E-state index in [1.54, 1.807) is 30.3 Å². The van der Waals surface area contributed by atoms with Gasteiger partial charge in [-0.3, -0.25) is 10.2 Å². The lowest BCUT2D eigenvalue weighted by molar-refractivity contribution is -0.142. The molecule has 0 aliphatic rings. The summed E-state index contributed by atoms with van der Waals surface area (Å²) < 4.78 is 11.1. The van der Waals surface area contributed by atoms with Gasteiger partial charge in [0.15, 0.2) is 6.73 Å². The highest BCUT2D eigenvalue weighted by molar-refractivity contribution is 6.30. The fourth-order valence-corrected chi connectivity index (χ4v) is 3.68. The topological polar surface area (TPSA) is 97.4 Å². The number of nitrogens with one attached hydrogen (secondary N) is 2. The van der Waals surface area contributed by atoms with E-state index in [0.717, 1.165) is 24.1 Å². The molecule has 0 bridgehead atoms. The number of hydrogen-bond acceptors (Lipinski definition) is 5. The molecule has 0 fully saturated rings. The Labute approximate surface area is 199 Å². The normalized spacial score (nSPS) is 10.5. The third-order valence-electron chi connectivity index (χ3n) is 5.02. The number of aryl methyl sites for hydroxylation is 2. The molecule has 0 amide bonds. The highest BCUT2D eigenvalue weighted by Gasteiger charge is 2.16. The molecule has 171 valence electrons. The maximum absolute atomic E-state index is 12.5. The molecule has 0 aliphatic heterocycles. The summed E-state index contributed by atoms with van der Waals surface area (Å²) in [5, 5.41) is 11.0. The van der Waals surface area contributed by atoms with Crippen molar-refractivity contribution in [3.05, 3.63) is 101 Å². The molecule has 3 aromatic carbocycles. The number of esters is 1. The molecule has 33 heavy (non-hydrogen) atoms. The number of carbonyl (C=O) groups is 1. The van der Waals surface area contributed by atoms with Gasteiger partial charge in [-0.05, 0) is 67.3 Å². The van der Waals surface area contributed by atoms with Crippen LogP contribution in [0.2, 0.25) is 5.02 Å². The van der Waals surface area contributed by atoms with Gasteiger partial charge < -0.3 is 20.5 Å². The largest absolute Gasteiger partial charge is 0.493 e. The molecule has 0 unspecified atom stereocenters. The van der Waals surface area contributed by atoms with Crippen LogP contribution in [-0.2, 0) is 28.8 Å². The summed E-state index contributed by atoms with van der Waals surface area (Å²) >= 11 is 6.35. The van der Waals surface area contributed by atoms with Crippen LogP contribution in [0.4, 0.5) is 5.69 Å². The lowest BCUT2D eigenvalue weighted by Crippen LogP contribution is -2.15. The predicted octanol–water partition coefficient (Wildman–Crippen LogP) is 4.78. The first-order chi connectivity index (χ1) is 16.0. The lowest BCUT2D eigenvalue weighted by atomic mass is 9.99. The minimum atomic E-state index is -0.409. The number of hydrogen-bond donors (Lipinski definition) is 3. The van der Waals surface area contributed by atoms with E-state index in [4.69, 9.17) is 32.2 Å². The van der Waals surface area contributed by atoms with E-state index in [2.05, 4.69) is 24.4 Å². The first kappa shape index (κ1) is 24.1. The van der Waals surface area contributed by atoms with Crippen LogP contribution < -0.4 is 15.8 Å². The van der Waals surface area contributed by atoms with Crippen LogP contribution in [0.1, 0.15) is 22.3 Å². The fourth-order valence-electron chi connectivity index (χ4n) is 3.41. The van der Waals surface area contributed by atoms with Crippen molar-refractivity contribution < 1.29 is 14.3 Å². The molecular formula is C26H27ClN3O3. The number of nitrogen functional groups attached to an aromatic ring is 1. The minimum absolute atomic E-state index is 0.00191. The van der Waals surface area contributed by atoms with Crippen molar-refractivity contribution in [3.63, 3.8) is 0 Å². The summed E-state index contributed by atoms with van der Waals surface area (Å²) in [6, 6.07) is 20.7. The quantitative estimate of drug-likeness (QED) is 0.164. The molecule has 0 spiro atoms. The van der Waals surface area contributed by atoms with E-state index >= 15 is 0 Å². The van der Waals surface area contributed by atoms with Gasteiger partial charge >= 0.3 is 5.97 Å². The van der Waals surface area contributed by atoms with Gasteiger partial charge in [0.2, 0.25) is 0 Å². The number of benzene rings is 3. The summed E-state index contributed by atoms with van der Waals surface area (Å²) in [7, 11) is 0. The fraction of sp³-hybridized carbons (Fsp3) is 0.192. The van der Waals surface area contributed by atoms with Gasteiger partial charge in [-0.25, -0.2) is 0 Å². The second-order valence-corrected chi connectivity index (χ2v) is 7.83. The second-order valence-electron chi connectivity index (χ2n) is 7.39. The Balaban J connectivity index is 1.62. The second kappa shape index (κ2) is 11.9. The van der Waals surface area contributed by atoms with Crippen molar-refractivity contribution in [1.82, 2.24) is 0 Å². The Hall–Kier alpha value is -3.51. The molecule has 1 radical (unpaired) electrons. The van der Waals surface area contributed by atoms with E-state index in [9.17, 15) is 4.79 Å². The Morgan fingerprint density at radius 2 is 1.73 bits per heavy atom. The van der Waals surface area contributed by atoms with Gasteiger partial charge in [-0.15, -0.1) is 0 Å². The first-order valence-corrected chi connectivity index (χ1v) is 10.9. The molecule has 0 atom stereocenters. The summed E-state index contributed by atoms with van der Waals surface area (Å²) in [4.78, 5) is 12.5. The SMILES string of the molecule is [CH2]COc1c(CCc2ccccc2)cc(Cl)cc1CC(=O)OCNc1ccc(C(=N)N)cc1. The number of carbonyl (C=O) groups excluding carboxylic acids is 1. The molecule has 3 rings (SSSR count). The highest BCUT2D eigenvalue weighted by Crippen LogP contribution is 2.30. The first-order valence-electron chi connectivity index (χ1n) is 10.6. The standard InChI is InChI=1S/C26H27ClN3O3/c1-2-32-25-20(9-8-18-6-4-3-5-7-18)14-22(27)15-21(25)16-24(31)33-17-30-23-12-10-19(11-13-23)26(28)29/h3-7,10-15,30H,1-2,8-9,16-17H2,(H3,28,29). The van der Waals surface area contributed by atoms with Crippen LogP contribution in [0, 0.1) is 12.3 Å². The maximum Gasteiger partial charge on any atom is 0.312 e. The summed E-state index contributed by atoms with van der Waals surface area (Å²) in [6.45, 7) is 4.02. The number of ether oxygens (including phenoxy) is 2. The number of halogens is 1. The van der Waals surface area contributed by atoms with Crippen molar-refractivity contribution in [2.75, 3.05) is 18.7 Å². The van der Waals surface area contributed by atoms with E-state index < -0.39 is 5.97 Å². The van der Waals surface area contributed by atoms with Gasteiger partial charge in [-0.1, -0.05) is 41.9 Å². The molecule has 0 heterocycles. The van der Waals surface area contributed by atoms with E-state index in [0.29, 0.717) is 21.9 Å². The van der Waals surface area contributed by atoms with Crippen LogP contribution in [0.5, 0.6) is 5.75 Å². The van der Waals surface area contributed by atoms with E-state index in [1.807, 2.05) is 24.3 Å². The van der Waals surface area contributed by atoms with E-state index in [1.165, 1.54) is 5.56 Å². The number of rotatable bonds is 11. The van der Waals surface area contributed by atoms with Gasteiger partial charge in [0, 0.05) is 21.8 Å².